The van der Waals surface area contributed by atoms with Crippen LogP contribution in [-0.2, 0) is 14.3 Å². The summed E-state index contributed by atoms with van der Waals surface area (Å²) < 4.78 is 4.95. The summed E-state index contributed by atoms with van der Waals surface area (Å²) in [6.45, 7) is 1.65. The Balaban J connectivity index is 1.81. The molecule has 1 N–H and O–H groups in total. The van der Waals surface area contributed by atoms with Gasteiger partial charge in [-0.25, -0.2) is 0 Å². The van der Waals surface area contributed by atoms with Crippen LogP contribution in [0.1, 0.15) is 24.8 Å². The van der Waals surface area contributed by atoms with Gasteiger partial charge in [-0.3, -0.25) is 9.59 Å². The van der Waals surface area contributed by atoms with Crippen molar-refractivity contribution in [2.24, 2.45) is 5.92 Å². The van der Waals surface area contributed by atoms with Crippen LogP contribution in [0.15, 0.2) is 18.2 Å². The lowest BCUT2D eigenvalue weighted by atomic mass is 9.86. The van der Waals surface area contributed by atoms with E-state index in [9.17, 15) is 9.59 Å². The summed E-state index contributed by atoms with van der Waals surface area (Å²) in [6.07, 6.45) is 2.79. The number of hydrogen-bond donors (Lipinski definition) is 1. The molecule has 1 aromatic carbocycles. The van der Waals surface area contributed by atoms with Crippen LogP contribution in [0, 0.1) is 12.8 Å². The van der Waals surface area contributed by atoms with E-state index in [1.54, 1.807) is 12.1 Å². The van der Waals surface area contributed by atoms with E-state index < -0.39 is 0 Å². The summed E-state index contributed by atoms with van der Waals surface area (Å²) in [5.74, 6) is -0.675. The fraction of sp³-hybridized carbons (Fsp3) is 0.429. The maximum Gasteiger partial charge on any atom is 0.309 e. The molecule has 0 heterocycles. The van der Waals surface area contributed by atoms with Crippen molar-refractivity contribution in [3.05, 3.63) is 28.8 Å². The summed E-state index contributed by atoms with van der Waals surface area (Å²) in [4.78, 5) is 23.1. The Bertz CT molecular complexity index is 497. The van der Waals surface area contributed by atoms with Crippen molar-refractivity contribution in [2.75, 3.05) is 11.9 Å². The number of rotatable bonds is 4. The van der Waals surface area contributed by atoms with Crippen molar-refractivity contribution in [1.29, 1.82) is 0 Å². The fourth-order valence-electron chi connectivity index (χ4n) is 1.81. The summed E-state index contributed by atoms with van der Waals surface area (Å²) in [5.41, 5.74) is 1.54. The van der Waals surface area contributed by atoms with E-state index in [1.807, 2.05) is 13.0 Å². The predicted octanol–water partition coefficient (Wildman–Crippen LogP) is 2.93. The van der Waals surface area contributed by atoms with Gasteiger partial charge in [0.2, 0.25) is 0 Å². The average molecular weight is 282 g/mol. The van der Waals surface area contributed by atoms with Crippen LogP contribution >= 0.6 is 11.6 Å². The van der Waals surface area contributed by atoms with Crippen LogP contribution in [-0.4, -0.2) is 18.5 Å². The monoisotopic (exact) mass is 281 g/mol. The maximum absolute atomic E-state index is 11.6. The molecule has 0 aliphatic heterocycles. The van der Waals surface area contributed by atoms with Gasteiger partial charge in [0.05, 0.1) is 16.6 Å². The smallest absolute Gasteiger partial charge is 0.309 e. The molecule has 19 heavy (non-hydrogen) atoms. The van der Waals surface area contributed by atoms with Crippen LogP contribution in [0.4, 0.5) is 5.69 Å². The second-order valence-corrected chi connectivity index (χ2v) is 5.17. The second-order valence-electron chi connectivity index (χ2n) is 4.77. The molecule has 0 aromatic heterocycles. The van der Waals surface area contributed by atoms with Crippen molar-refractivity contribution >= 4 is 29.2 Å². The molecule has 0 spiro atoms. The number of amides is 1. The zero-order valence-corrected chi connectivity index (χ0v) is 11.5. The molecule has 0 atom stereocenters. The Morgan fingerprint density at radius 3 is 2.74 bits per heavy atom. The van der Waals surface area contributed by atoms with E-state index in [4.69, 9.17) is 16.3 Å². The zero-order valence-electron chi connectivity index (χ0n) is 10.7. The SMILES string of the molecule is Cc1ccc(NC(=O)COC(=O)C2CCC2)c(Cl)c1. The number of ether oxygens (including phenoxy) is 1. The third-order valence-electron chi connectivity index (χ3n) is 3.18. The first-order chi connectivity index (χ1) is 9.06. The number of benzene rings is 1. The van der Waals surface area contributed by atoms with Crippen molar-refractivity contribution in [3.63, 3.8) is 0 Å². The van der Waals surface area contributed by atoms with Gasteiger partial charge in [-0.1, -0.05) is 24.1 Å². The lowest BCUT2D eigenvalue weighted by molar-refractivity contribution is -0.154. The quantitative estimate of drug-likeness (QED) is 0.863. The molecule has 1 saturated carbocycles. The van der Waals surface area contributed by atoms with Gasteiger partial charge < -0.3 is 10.1 Å². The Morgan fingerprint density at radius 1 is 1.42 bits per heavy atom. The first-order valence-electron chi connectivity index (χ1n) is 6.29. The minimum Gasteiger partial charge on any atom is -0.455 e. The summed E-state index contributed by atoms with van der Waals surface area (Å²) in [7, 11) is 0. The standard InChI is InChI=1S/C14H16ClNO3/c1-9-5-6-12(11(15)7-9)16-13(17)8-19-14(18)10-3-2-4-10/h5-7,10H,2-4,8H2,1H3,(H,16,17). The van der Waals surface area contributed by atoms with E-state index in [2.05, 4.69) is 5.32 Å². The van der Waals surface area contributed by atoms with Crippen molar-refractivity contribution in [1.82, 2.24) is 0 Å². The molecular formula is C14H16ClNO3. The molecule has 2 rings (SSSR count). The van der Waals surface area contributed by atoms with Crippen molar-refractivity contribution < 1.29 is 14.3 Å². The number of halogens is 1. The second kappa shape index (κ2) is 6.06. The third-order valence-corrected chi connectivity index (χ3v) is 3.50. The molecule has 1 aliphatic rings. The van der Waals surface area contributed by atoms with E-state index in [1.165, 1.54) is 0 Å². The number of carbonyl (C=O) groups excluding carboxylic acids is 2. The summed E-state index contributed by atoms with van der Waals surface area (Å²) in [6, 6.07) is 5.34. The number of nitrogens with one attached hydrogen (secondary N) is 1. The van der Waals surface area contributed by atoms with E-state index in [0.29, 0.717) is 10.7 Å². The van der Waals surface area contributed by atoms with Gasteiger partial charge in [0, 0.05) is 0 Å². The minimum absolute atomic E-state index is 0.0178. The minimum atomic E-state index is -0.376. The number of aryl methyl sites for hydroxylation is 1. The van der Waals surface area contributed by atoms with Crippen LogP contribution in [0.3, 0.4) is 0 Å². The van der Waals surface area contributed by atoms with Gasteiger partial charge in [0.25, 0.3) is 5.91 Å². The van der Waals surface area contributed by atoms with Gasteiger partial charge in [0.1, 0.15) is 0 Å². The molecule has 1 aromatic rings. The van der Waals surface area contributed by atoms with Crippen LogP contribution < -0.4 is 5.32 Å². The molecule has 0 radical (unpaired) electrons. The molecule has 1 aliphatic carbocycles. The Morgan fingerprint density at radius 2 is 2.16 bits per heavy atom. The summed E-state index contributed by atoms with van der Waals surface area (Å²) >= 11 is 6.00. The van der Waals surface area contributed by atoms with Gasteiger partial charge >= 0.3 is 5.97 Å². The number of hydrogen-bond acceptors (Lipinski definition) is 3. The molecule has 1 amide bonds. The molecule has 102 valence electrons. The number of esters is 1. The molecular weight excluding hydrogens is 266 g/mol. The highest BCUT2D eigenvalue weighted by Gasteiger charge is 2.27. The first-order valence-corrected chi connectivity index (χ1v) is 6.66. The van der Waals surface area contributed by atoms with Crippen LogP contribution in [0.25, 0.3) is 0 Å². The van der Waals surface area contributed by atoms with Gasteiger partial charge in [-0.15, -0.1) is 0 Å². The van der Waals surface area contributed by atoms with Gasteiger partial charge in [0.15, 0.2) is 6.61 Å². The predicted molar refractivity (Wildman–Crippen MR) is 73.1 cm³/mol. The highest BCUT2D eigenvalue weighted by atomic mass is 35.5. The normalized spacial score (nSPS) is 14.6. The highest BCUT2D eigenvalue weighted by Crippen LogP contribution is 2.27. The van der Waals surface area contributed by atoms with Gasteiger partial charge in [-0.2, -0.15) is 0 Å². The highest BCUT2D eigenvalue weighted by molar-refractivity contribution is 6.33. The number of carbonyl (C=O) groups is 2. The zero-order chi connectivity index (χ0) is 13.8. The molecule has 0 saturated heterocycles. The molecule has 1 fully saturated rings. The van der Waals surface area contributed by atoms with Gasteiger partial charge in [-0.05, 0) is 37.5 Å². The molecule has 4 nitrogen and oxygen atoms in total. The molecule has 5 heteroatoms. The third kappa shape index (κ3) is 3.70. The van der Waals surface area contributed by atoms with E-state index in [0.717, 1.165) is 24.8 Å². The lowest BCUT2D eigenvalue weighted by Crippen LogP contribution is -2.28. The lowest BCUT2D eigenvalue weighted by Gasteiger charge is -2.22. The molecule has 0 bridgehead atoms. The maximum atomic E-state index is 11.6. The van der Waals surface area contributed by atoms with Crippen molar-refractivity contribution in [3.8, 4) is 0 Å². The topological polar surface area (TPSA) is 55.4 Å². The summed E-state index contributed by atoms with van der Waals surface area (Å²) in [5, 5.41) is 3.09. The van der Waals surface area contributed by atoms with Crippen LogP contribution in [0.5, 0.6) is 0 Å². The Labute approximate surface area is 117 Å². The Hall–Kier alpha value is -1.55. The van der Waals surface area contributed by atoms with E-state index in [-0.39, 0.29) is 24.4 Å². The average Bonchev–Trinajstić information content (AvgIpc) is 2.28. The van der Waals surface area contributed by atoms with E-state index >= 15 is 0 Å². The van der Waals surface area contributed by atoms with Crippen molar-refractivity contribution in [2.45, 2.75) is 26.2 Å². The number of anilines is 1. The largest absolute Gasteiger partial charge is 0.455 e. The first kappa shape index (κ1) is 13.9. The molecule has 0 unspecified atom stereocenters. The Kier molecular flexibility index (Phi) is 4.43. The fourth-order valence-corrected chi connectivity index (χ4v) is 2.09. The van der Waals surface area contributed by atoms with Crippen LogP contribution in [0.2, 0.25) is 5.02 Å².